The van der Waals surface area contributed by atoms with E-state index in [-0.39, 0.29) is 11.7 Å². The number of carbonyl (C=O) groups is 1. The summed E-state index contributed by atoms with van der Waals surface area (Å²) in [7, 11) is 0. The van der Waals surface area contributed by atoms with E-state index in [9.17, 15) is 4.79 Å². The third kappa shape index (κ3) is 3.82. The number of rotatable bonds is 6. The van der Waals surface area contributed by atoms with Gasteiger partial charge in [0.2, 0.25) is 0 Å². The van der Waals surface area contributed by atoms with Gasteiger partial charge >= 0.3 is 0 Å². The van der Waals surface area contributed by atoms with E-state index in [1.54, 1.807) is 37.3 Å². The van der Waals surface area contributed by atoms with Crippen molar-refractivity contribution in [3.8, 4) is 28.3 Å². The van der Waals surface area contributed by atoms with Gasteiger partial charge in [-0.05, 0) is 24.6 Å². The van der Waals surface area contributed by atoms with Crippen molar-refractivity contribution in [3.63, 3.8) is 0 Å². The Kier molecular flexibility index (Phi) is 5.14. The molecule has 6 aromatic heterocycles. The Morgan fingerprint density at radius 3 is 2.67 bits per heavy atom. The molecular weight excluding hydrogens is 454 g/mol. The van der Waals surface area contributed by atoms with Gasteiger partial charge in [-0.25, -0.2) is 15.0 Å². The van der Waals surface area contributed by atoms with Crippen LogP contribution in [-0.4, -0.2) is 50.5 Å². The van der Waals surface area contributed by atoms with Crippen molar-refractivity contribution in [2.75, 3.05) is 0 Å². The van der Waals surface area contributed by atoms with Crippen LogP contribution in [0.15, 0.2) is 55.6 Å². The number of Topliss-reactive ketones (excluding diaryl/α,β-unsaturated/α-hetero) is 1. The monoisotopic (exact) mass is 477 g/mol. The van der Waals surface area contributed by atoms with E-state index in [2.05, 4.69) is 35.1 Å². The highest BCUT2D eigenvalue weighted by atomic mass is 16.1. The summed E-state index contributed by atoms with van der Waals surface area (Å²) in [5, 5.41) is 8.27. The zero-order valence-corrected chi connectivity index (χ0v) is 20.0. The van der Waals surface area contributed by atoms with E-state index in [1.807, 2.05) is 43.7 Å². The summed E-state index contributed by atoms with van der Waals surface area (Å²) in [6.07, 6.45) is 12.8. The van der Waals surface area contributed by atoms with Crippen LogP contribution in [0, 0.1) is 12.8 Å². The van der Waals surface area contributed by atoms with Gasteiger partial charge in [0.1, 0.15) is 17.0 Å². The fraction of sp³-hybridized carbons (Fsp3) is 0.192. The van der Waals surface area contributed by atoms with Gasteiger partial charge in [0, 0.05) is 48.3 Å². The quantitative estimate of drug-likeness (QED) is 0.367. The number of fused-ring (bicyclic) bond motifs is 2. The maximum Gasteiger partial charge on any atom is 0.181 e. The number of aryl methyl sites for hydroxylation is 1. The fourth-order valence-electron chi connectivity index (χ4n) is 4.16. The highest BCUT2D eigenvalue weighted by molar-refractivity contribution is 5.94. The normalized spacial score (nSPS) is 11.7. The summed E-state index contributed by atoms with van der Waals surface area (Å²) >= 11 is 0. The number of hydrogen-bond acceptors (Lipinski definition) is 7. The predicted octanol–water partition coefficient (Wildman–Crippen LogP) is 4.22. The van der Waals surface area contributed by atoms with Gasteiger partial charge in [0.05, 0.1) is 41.0 Å². The molecule has 0 radical (unpaired) electrons. The first-order valence-electron chi connectivity index (χ1n) is 11.6. The van der Waals surface area contributed by atoms with Crippen LogP contribution in [0.5, 0.6) is 0 Å². The molecule has 6 heterocycles. The molecule has 178 valence electrons. The second-order valence-corrected chi connectivity index (χ2v) is 9.14. The molecule has 0 unspecified atom stereocenters. The SMILES string of the molecule is Cc1cn(-c2cncc3[nH]c(-c4[nH]nc5ncc(-c6cncc(CC(=O)C(C)C)c6)cc45)nc23)cn1. The first-order chi connectivity index (χ1) is 17.5. The summed E-state index contributed by atoms with van der Waals surface area (Å²) < 4.78 is 1.91. The van der Waals surface area contributed by atoms with E-state index in [1.165, 1.54) is 0 Å². The fourth-order valence-corrected chi connectivity index (χ4v) is 4.16. The van der Waals surface area contributed by atoms with Crippen molar-refractivity contribution in [2.24, 2.45) is 5.92 Å². The Labute approximate surface area is 205 Å². The molecule has 0 bridgehead atoms. The lowest BCUT2D eigenvalue weighted by molar-refractivity contribution is -0.121. The topological polar surface area (TPSA) is 131 Å². The van der Waals surface area contributed by atoms with Crippen LogP contribution >= 0.6 is 0 Å². The van der Waals surface area contributed by atoms with Crippen molar-refractivity contribution >= 4 is 27.9 Å². The number of pyridine rings is 3. The summed E-state index contributed by atoms with van der Waals surface area (Å²) in [6.45, 7) is 5.76. The standard InChI is InChI=1S/C26H23N9O/c1-14(2)22(36)5-16-4-17(8-27-7-16)18-6-19-23(33-34-25(19)29-9-18)26-31-20-10-28-11-21(24(20)32-26)35-12-15(3)30-13-35/h4,6-14H,5H2,1-3H3,(H,31,32)(H,29,33,34). The Hall–Kier alpha value is -4.73. The minimum atomic E-state index is -0.0162. The zero-order chi connectivity index (χ0) is 24.8. The van der Waals surface area contributed by atoms with Gasteiger partial charge in [-0.3, -0.25) is 19.9 Å². The van der Waals surface area contributed by atoms with Crippen LogP contribution < -0.4 is 0 Å². The number of H-pyrrole nitrogens is 2. The lowest BCUT2D eigenvalue weighted by Gasteiger charge is -2.06. The number of aromatic nitrogens is 9. The summed E-state index contributed by atoms with van der Waals surface area (Å²) in [4.78, 5) is 38.0. The number of carbonyl (C=O) groups excluding carboxylic acids is 1. The maximum atomic E-state index is 12.2. The first-order valence-corrected chi connectivity index (χ1v) is 11.6. The molecule has 0 aliphatic rings. The molecule has 0 fully saturated rings. The lowest BCUT2D eigenvalue weighted by atomic mass is 10.00. The van der Waals surface area contributed by atoms with Crippen LogP contribution in [0.2, 0.25) is 0 Å². The zero-order valence-electron chi connectivity index (χ0n) is 20.0. The molecule has 0 atom stereocenters. The Bertz CT molecular complexity index is 1740. The van der Waals surface area contributed by atoms with Crippen molar-refractivity contribution in [3.05, 3.63) is 66.9 Å². The highest BCUT2D eigenvalue weighted by Crippen LogP contribution is 2.30. The third-order valence-corrected chi connectivity index (χ3v) is 6.16. The Morgan fingerprint density at radius 1 is 1.03 bits per heavy atom. The molecule has 0 spiro atoms. The van der Waals surface area contributed by atoms with Gasteiger partial charge in [0.15, 0.2) is 11.5 Å². The van der Waals surface area contributed by atoms with Crippen LogP contribution in [0.3, 0.4) is 0 Å². The van der Waals surface area contributed by atoms with Crippen molar-refractivity contribution in [1.29, 1.82) is 0 Å². The molecule has 0 amide bonds. The summed E-state index contributed by atoms with van der Waals surface area (Å²) in [5.41, 5.74) is 7.26. The number of imidazole rings is 2. The average molecular weight is 478 g/mol. The molecule has 0 saturated carbocycles. The molecule has 2 N–H and O–H groups in total. The second-order valence-electron chi connectivity index (χ2n) is 9.14. The van der Waals surface area contributed by atoms with Crippen LogP contribution in [-0.2, 0) is 11.2 Å². The van der Waals surface area contributed by atoms with E-state index < -0.39 is 0 Å². The van der Waals surface area contributed by atoms with Gasteiger partial charge in [-0.2, -0.15) is 5.10 Å². The number of ketones is 1. The number of aromatic amines is 2. The Morgan fingerprint density at radius 2 is 1.86 bits per heavy atom. The summed E-state index contributed by atoms with van der Waals surface area (Å²) in [5.74, 6) is 0.800. The maximum absolute atomic E-state index is 12.2. The third-order valence-electron chi connectivity index (χ3n) is 6.16. The smallest absolute Gasteiger partial charge is 0.181 e. The van der Waals surface area contributed by atoms with Crippen LogP contribution in [0.1, 0.15) is 25.1 Å². The summed E-state index contributed by atoms with van der Waals surface area (Å²) in [6, 6.07) is 4.00. The highest BCUT2D eigenvalue weighted by Gasteiger charge is 2.17. The molecule has 10 nitrogen and oxygen atoms in total. The minimum absolute atomic E-state index is 0.0162. The molecule has 0 aromatic carbocycles. The van der Waals surface area contributed by atoms with Crippen molar-refractivity contribution < 1.29 is 4.79 Å². The molecule has 36 heavy (non-hydrogen) atoms. The average Bonchev–Trinajstić information content (AvgIpc) is 3.61. The van der Waals surface area contributed by atoms with Gasteiger partial charge in [-0.1, -0.05) is 13.8 Å². The second kappa shape index (κ2) is 8.49. The van der Waals surface area contributed by atoms with Crippen LogP contribution in [0.25, 0.3) is 50.4 Å². The minimum Gasteiger partial charge on any atom is -0.335 e. The molecular formula is C26H23N9O. The number of nitrogens with one attached hydrogen (secondary N) is 2. The molecule has 0 aliphatic heterocycles. The van der Waals surface area contributed by atoms with E-state index >= 15 is 0 Å². The predicted molar refractivity (Wildman–Crippen MR) is 135 cm³/mol. The molecule has 6 aromatic rings. The largest absolute Gasteiger partial charge is 0.335 e. The molecule has 6 rings (SSSR count). The molecule has 0 aliphatic carbocycles. The van der Waals surface area contributed by atoms with Gasteiger partial charge in [-0.15, -0.1) is 0 Å². The van der Waals surface area contributed by atoms with Crippen molar-refractivity contribution in [2.45, 2.75) is 27.2 Å². The van der Waals surface area contributed by atoms with E-state index in [0.717, 1.165) is 50.2 Å². The number of hydrogen-bond donors (Lipinski definition) is 2. The number of nitrogens with zero attached hydrogens (tertiary/aromatic N) is 7. The molecule has 10 heteroatoms. The first kappa shape index (κ1) is 21.8. The van der Waals surface area contributed by atoms with E-state index in [4.69, 9.17) is 4.98 Å². The molecule has 0 saturated heterocycles. The van der Waals surface area contributed by atoms with Gasteiger partial charge < -0.3 is 9.55 Å². The van der Waals surface area contributed by atoms with Crippen LogP contribution in [0.4, 0.5) is 0 Å². The van der Waals surface area contributed by atoms with Crippen molar-refractivity contribution in [1.82, 2.24) is 44.7 Å². The van der Waals surface area contributed by atoms with Gasteiger partial charge in [0.25, 0.3) is 0 Å². The lowest BCUT2D eigenvalue weighted by Crippen LogP contribution is -2.10. The van der Waals surface area contributed by atoms with E-state index in [0.29, 0.717) is 17.9 Å². The Balaban J connectivity index is 1.41.